The van der Waals surface area contributed by atoms with E-state index in [-0.39, 0.29) is 24.0 Å². The third-order valence-corrected chi connectivity index (χ3v) is 5.63. The first-order chi connectivity index (χ1) is 15.8. The van der Waals surface area contributed by atoms with Crippen molar-refractivity contribution >= 4 is 29.9 Å². The molecule has 0 aromatic heterocycles. The summed E-state index contributed by atoms with van der Waals surface area (Å²) in [6, 6.07) is 8.15. The highest BCUT2D eigenvalue weighted by Gasteiger charge is 2.15. The molecule has 2 heterocycles. The number of nitrogens with zero attached hydrogens (tertiary/aromatic N) is 2. The molecule has 3 rings (SSSR count). The van der Waals surface area contributed by atoms with E-state index in [2.05, 4.69) is 28.5 Å². The molecule has 0 bridgehead atoms. The molecule has 0 saturated carbocycles. The molecule has 1 aromatic rings. The third-order valence-electron chi connectivity index (χ3n) is 5.63. The summed E-state index contributed by atoms with van der Waals surface area (Å²) in [4.78, 5) is 7.13. The third kappa shape index (κ3) is 11.2. The number of para-hydroxylation sites is 1. The number of nitrogens with one attached hydrogen (secondary N) is 2. The predicted octanol–water partition coefficient (Wildman–Crippen LogP) is 2.51. The summed E-state index contributed by atoms with van der Waals surface area (Å²) in [5, 5.41) is 6.72. The molecule has 2 aliphatic rings. The van der Waals surface area contributed by atoms with Crippen LogP contribution in [-0.4, -0.2) is 89.8 Å². The van der Waals surface area contributed by atoms with E-state index in [9.17, 15) is 0 Å². The van der Waals surface area contributed by atoms with Crippen LogP contribution in [-0.2, 0) is 20.8 Å². The average molecular weight is 577 g/mol. The van der Waals surface area contributed by atoms with Crippen molar-refractivity contribution < 1.29 is 18.9 Å². The lowest BCUT2D eigenvalue weighted by atomic mass is 10.1. The molecule has 188 valence electrons. The first-order valence-corrected chi connectivity index (χ1v) is 12.0. The van der Waals surface area contributed by atoms with Gasteiger partial charge in [0.25, 0.3) is 0 Å². The summed E-state index contributed by atoms with van der Waals surface area (Å²) in [7, 11) is 0. The fraction of sp³-hybridized carbons (Fsp3) is 0.708. The maximum absolute atomic E-state index is 6.08. The maximum atomic E-state index is 6.08. The number of ether oxygens (including phenoxy) is 4. The van der Waals surface area contributed by atoms with Crippen molar-refractivity contribution in [1.29, 1.82) is 0 Å². The molecule has 33 heavy (non-hydrogen) atoms. The van der Waals surface area contributed by atoms with E-state index in [4.69, 9.17) is 23.9 Å². The van der Waals surface area contributed by atoms with E-state index < -0.39 is 0 Å². The summed E-state index contributed by atoms with van der Waals surface area (Å²) in [5.74, 6) is 2.29. The van der Waals surface area contributed by atoms with Crippen LogP contribution in [0.4, 0.5) is 0 Å². The van der Waals surface area contributed by atoms with Crippen molar-refractivity contribution in [2.24, 2.45) is 10.9 Å². The van der Waals surface area contributed by atoms with Gasteiger partial charge in [-0.2, -0.15) is 0 Å². The second-order valence-electron chi connectivity index (χ2n) is 8.19. The Labute approximate surface area is 215 Å². The van der Waals surface area contributed by atoms with Crippen LogP contribution in [0.2, 0.25) is 0 Å². The molecule has 1 unspecified atom stereocenters. The summed E-state index contributed by atoms with van der Waals surface area (Å²) >= 11 is 0. The molecule has 9 heteroatoms. The standard InChI is InChI=1S/C24H40N4O4.HI/c1-2-25-24(26-9-5-13-30-19-21-8-14-31-20-21)27-18-22-6-3-4-7-23(22)32-17-12-28-10-15-29-16-11-28;/h3-4,6-7,21H,2,5,8-20H2,1H3,(H2,25,26,27);1H. The lowest BCUT2D eigenvalue weighted by Crippen LogP contribution is -2.38. The zero-order valence-electron chi connectivity index (χ0n) is 19.9. The Kier molecular flexibility index (Phi) is 14.7. The normalized spacial score (nSPS) is 19.2. The number of hydrogen-bond acceptors (Lipinski definition) is 6. The minimum absolute atomic E-state index is 0. The average Bonchev–Trinajstić information content (AvgIpc) is 3.35. The highest BCUT2D eigenvalue weighted by Crippen LogP contribution is 2.19. The van der Waals surface area contributed by atoms with Gasteiger partial charge in [-0.05, 0) is 25.8 Å². The van der Waals surface area contributed by atoms with E-state index in [1.165, 1.54) is 0 Å². The van der Waals surface area contributed by atoms with Gasteiger partial charge in [0.15, 0.2) is 5.96 Å². The molecule has 8 nitrogen and oxygen atoms in total. The van der Waals surface area contributed by atoms with Crippen LogP contribution >= 0.6 is 24.0 Å². The van der Waals surface area contributed by atoms with Gasteiger partial charge >= 0.3 is 0 Å². The molecule has 0 amide bonds. The molecule has 2 saturated heterocycles. The minimum Gasteiger partial charge on any atom is -0.492 e. The molecule has 0 aliphatic carbocycles. The zero-order chi connectivity index (χ0) is 22.3. The monoisotopic (exact) mass is 576 g/mol. The van der Waals surface area contributed by atoms with Gasteiger partial charge < -0.3 is 29.6 Å². The van der Waals surface area contributed by atoms with Gasteiger partial charge in [-0.15, -0.1) is 24.0 Å². The molecule has 1 aromatic carbocycles. The molecule has 1 atom stereocenters. The molecule has 2 N–H and O–H groups in total. The number of guanidine groups is 1. The van der Waals surface area contributed by atoms with Crippen molar-refractivity contribution in [3.05, 3.63) is 29.8 Å². The largest absolute Gasteiger partial charge is 0.492 e. The van der Waals surface area contributed by atoms with E-state index >= 15 is 0 Å². The highest BCUT2D eigenvalue weighted by atomic mass is 127. The number of benzene rings is 1. The first-order valence-electron chi connectivity index (χ1n) is 12.0. The fourth-order valence-corrected chi connectivity index (χ4v) is 3.74. The van der Waals surface area contributed by atoms with Gasteiger partial charge in [0, 0.05) is 57.4 Å². The maximum Gasteiger partial charge on any atom is 0.191 e. The van der Waals surface area contributed by atoms with Gasteiger partial charge in [-0.3, -0.25) is 4.90 Å². The number of aliphatic imine (C=N–C) groups is 1. The van der Waals surface area contributed by atoms with Gasteiger partial charge in [-0.1, -0.05) is 18.2 Å². The fourth-order valence-electron chi connectivity index (χ4n) is 3.74. The van der Waals surface area contributed by atoms with E-state index in [1.807, 2.05) is 18.2 Å². The quantitative estimate of drug-likeness (QED) is 0.162. The smallest absolute Gasteiger partial charge is 0.191 e. The van der Waals surface area contributed by atoms with Crippen LogP contribution in [0.1, 0.15) is 25.3 Å². The molecule has 0 radical (unpaired) electrons. The van der Waals surface area contributed by atoms with E-state index in [0.717, 1.165) is 102 Å². The Morgan fingerprint density at radius 3 is 2.76 bits per heavy atom. The SMILES string of the molecule is CCNC(=NCc1ccccc1OCCN1CCOCC1)NCCCOCC1CCOC1.I. The Hall–Kier alpha value is -1.14. The Bertz CT molecular complexity index is 668. The molecular weight excluding hydrogens is 535 g/mol. The first kappa shape index (κ1) is 28.1. The Balaban J connectivity index is 0.00000385. The van der Waals surface area contributed by atoms with Gasteiger partial charge in [0.05, 0.1) is 33.0 Å². The summed E-state index contributed by atoms with van der Waals surface area (Å²) < 4.78 is 22.6. The Morgan fingerprint density at radius 1 is 1.12 bits per heavy atom. The van der Waals surface area contributed by atoms with Crippen LogP contribution < -0.4 is 15.4 Å². The second-order valence-corrected chi connectivity index (χ2v) is 8.19. The van der Waals surface area contributed by atoms with Crippen LogP contribution in [0.5, 0.6) is 5.75 Å². The number of halogens is 1. The predicted molar refractivity (Wildman–Crippen MR) is 142 cm³/mol. The number of morpholine rings is 1. The highest BCUT2D eigenvalue weighted by molar-refractivity contribution is 14.0. The summed E-state index contributed by atoms with van der Waals surface area (Å²) in [5.41, 5.74) is 1.09. The van der Waals surface area contributed by atoms with E-state index in [1.54, 1.807) is 0 Å². The van der Waals surface area contributed by atoms with Crippen LogP contribution in [0, 0.1) is 5.92 Å². The summed E-state index contributed by atoms with van der Waals surface area (Å²) in [6.07, 6.45) is 2.06. The van der Waals surface area contributed by atoms with Crippen molar-refractivity contribution in [3.8, 4) is 5.75 Å². The lowest BCUT2D eigenvalue weighted by Gasteiger charge is -2.26. The van der Waals surface area contributed by atoms with Crippen molar-refractivity contribution in [3.63, 3.8) is 0 Å². The van der Waals surface area contributed by atoms with Crippen LogP contribution in [0.25, 0.3) is 0 Å². The van der Waals surface area contributed by atoms with Gasteiger partial charge in [0.2, 0.25) is 0 Å². The van der Waals surface area contributed by atoms with Gasteiger partial charge in [-0.25, -0.2) is 4.99 Å². The molecule has 2 aliphatic heterocycles. The topological polar surface area (TPSA) is 76.6 Å². The zero-order valence-corrected chi connectivity index (χ0v) is 22.3. The van der Waals surface area contributed by atoms with Crippen molar-refractivity contribution in [2.45, 2.75) is 26.3 Å². The Morgan fingerprint density at radius 2 is 1.97 bits per heavy atom. The molecular formula is C24H41IN4O4. The number of rotatable bonds is 13. The number of hydrogen-bond donors (Lipinski definition) is 2. The lowest BCUT2D eigenvalue weighted by molar-refractivity contribution is 0.0322. The van der Waals surface area contributed by atoms with E-state index in [0.29, 0.717) is 19.1 Å². The molecule has 2 fully saturated rings. The van der Waals surface area contributed by atoms with Crippen LogP contribution in [0.15, 0.2) is 29.3 Å². The van der Waals surface area contributed by atoms with Crippen molar-refractivity contribution in [2.75, 3.05) is 79.0 Å². The van der Waals surface area contributed by atoms with Crippen LogP contribution in [0.3, 0.4) is 0 Å². The van der Waals surface area contributed by atoms with Gasteiger partial charge in [0.1, 0.15) is 12.4 Å². The second kappa shape index (κ2) is 17.3. The molecule has 0 spiro atoms. The minimum atomic E-state index is 0. The summed E-state index contributed by atoms with van der Waals surface area (Å²) in [6.45, 7) is 12.7. The van der Waals surface area contributed by atoms with Crippen molar-refractivity contribution in [1.82, 2.24) is 15.5 Å².